The molecule has 138 valence electrons. The van der Waals surface area contributed by atoms with Crippen molar-refractivity contribution in [3.05, 3.63) is 54.1 Å². The summed E-state index contributed by atoms with van der Waals surface area (Å²) in [5.74, 6) is -1.33. The average Bonchev–Trinajstić information content (AvgIpc) is 2.92. The number of hydrogen-bond acceptors (Lipinski definition) is 5. The lowest BCUT2D eigenvalue weighted by atomic mass is 10.1. The molecule has 0 spiro atoms. The number of aromatic nitrogens is 1. The van der Waals surface area contributed by atoms with Crippen LogP contribution in [0.1, 0.15) is 17.3 Å². The minimum absolute atomic E-state index is 0.105. The van der Waals surface area contributed by atoms with Crippen molar-refractivity contribution in [3.63, 3.8) is 0 Å². The first kappa shape index (κ1) is 18.0. The van der Waals surface area contributed by atoms with Crippen molar-refractivity contribution in [1.29, 1.82) is 0 Å². The number of benzene rings is 2. The normalized spacial score (nSPS) is 10.4. The molecule has 27 heavy (non-hydrogen) atoms. The van der Waals surface area contributed by atoms with Crippen molar-refractivity contribution < 1.29 is 24.2 Å². The Morgan fingerprint density at radius 2 is 1.78 bits per heavy atom. The van der Waals surface area contributed by atoms with Gasteiger partial charge in [0.05, 0.1) is 12.6 Å². The summed E-state index contributed by atoms with van der Waals surface area (Å²) in [5.41, 5.74) is 0.676. The number of fused-ring (bicyclic) bond motifs is 1. The van der Waals surface area contributed by atoms with E-state index in [0.29, 0.717) is 16.8 Å². The molecule has 3 aromatic rings. The van der Waals surface area contributed by atoms with E-state index in [4.69, 9.17) is 4.74 Å². The number of nitrogens with zero attached hydrogens (tertiary/aromatic N) is 1. The highest BCUT2D eigenvalue weighted by Gasteiger charge is 2.26. The fourth-order valence-corrected chi connectivity index (χ4v) is 2.73. The molecule has 0 unspecified atom stereocenters. The second kappa shape index (κ2) is 7.20. The van der Waals surface area contributed by atoms with Crippen LogP contribution < -0.4 is 15.4 Å². The second-order valence-electron chi connectivity index (χ2n) is 5.72. The molecule has 0 saturated heterocycles. The van der Waals surface area contributed by atoms with Crippen molar-refractivity contribution in [1.82, 2.24) is 9.88 Å². The summed E-state index contributed by atoms with van der Waals surface area (Å²) < 4.78 is 6.04. The van der Waals surface area contributed by atoms with Crippen molar-refractivity contribution in [3.8, 4) is 11.6 Å². The Morgan fingerprint density at radius 1 is 1.07 bits per heavy atom. The summed E-state index contributed by atoms with van der Waals surface area (Å²) >= 11 is 0. The molecule has 0 aliphatic carbocycles. The number of methoxy groups -OCH3 is 1. The zero-order valence-corrected chi connectivity index (χ0v) is 14.6. The van der Waals surface area contributed by atoms with Gasteiger partial charge < -0.3 is 15.2 Å². The number of anilines is 1. The Bertz CT molecular complexity index is 1040. The Morgan fingerprint density at radius 3 is 2.41 bits per heavy atom. The number of amides is 3. The van der Waals surface area contributed by atoms with Crippen molar-refractivity contribution in [2.24, 2.45) is 0 Å². The first-order valence-corrected chi connectivity index (χ1v) is 8.02. The molecule has 1 heterocycles. The topological polar surface area (TPSA) is 110 Å². The lowest BCUT2D eigenvalue weighted by Gasteiger charge is -2.06. The van der Waals surface area contributed by atoms with Crippen LogP contribution in [0.2, 0.25) is 0 Å². The van der Waals surface area contributed by atoms with Crippen LogP contribution in [0.4, 0.5) is 10.5 Å². The van der Waals surface area contributed by atoms with Gasteiger partial charge in [-0.2, -0.15) is 0 Å². The molecule has 0 aliphatic heterocycles. The van der Waals surface area contributed by atoms with Gasteiger partial charge in [0.2, 0.25) is 11.8 Å². The largest absolute Gasteiger partial charge is 0.497 e. The Kier molecular flexibility index (Phi) is 4.80. The monoisotopic (exact) mass is 367 g/mol. The van der Waals surface area contributed by atoms with Crippen molar-refractivity contribution in [2.45, 2.75) is 6.92 Å². The van der Waals surface area contributed by atoms with E-state index in [1.165, 1.54) is 26.2 Å². The van der Waals surface area contributed by atoms with Gasteiger partial charge in [0, 0.05) is 18.0 Å². The summed E-state index contributed by atoms with van der Waals surface area (Å²) in [6.45, 7) is 1.17. The Balaban J connectivity index is 2.15. The number of imide groups is 1. The number of rotatable bonds is 3. The Hall–Kier alpha value is -3.81. The van der Waals surface area contributed by atoms with Crippen LogP contribution in [0.3, 0.4) is 0 Å². The molecular formula is C19H17N3O5. The molecule has 8 nitrogen and oxygen atoms in total. The van der Waals surface area contributed by atoms with Crippen LogP contribution >= 0.6 is 0 Å². The predicted molar refractivity (Wildman–Crippen MR) is 99.2 cm³/mol. The molecule has 0 saturated carbocycles. The van der Waals surface area contributed by atoms with Crippen LogP contribution in [-0.2, 0) is 4.79 Å². The van der Waals surface area contributed by atoms with E-state index in [0.717, 1.165) is 4.57 Å². The summed E-state index contributed by atoms with van der Waals surface area (Å²) in [7, 11) is 1.46. The van der Waals surface area contributed by atoms with Gasteiger partial charge in [0.1, 0.15) is 11.3 Å². The third kappa shape index (κ3) is 3.45. The van der Waals surface area contributed by atoms with Gasteiger partial charge in [-0.25, -0.2) is 9.36 Å². The SMILES string of the molecule is COc1ccc2c(c1)c(C(=O)Nc1ccccc1)c(O)n2C(=O)NC(C)=O. The lowest BCUT2D eigenvalue weighted by molar-refractivity contribution is -0.117. The van der Waals surface area contributed by atoms with Gasteiger partial charge in [-0.15, -0.1) is 0 Å². The van der Waals surface area contributed by atoms with Crippen molar-refractivity contribution in [2.75, 3.05) is 12.4 Å². The molecule has 0 radical (unpaired) electrons. The van der Waals surface area contributed by atoms with Gasteiger partial charge >= 0.3 is 6.03 Å². The standard InChI is InChI=1S/C19H17N3O5/c1-11(23)20-19(26)22-15-9-8-13(27-2)10-14(15)16(18(22)25)17(24)21-12-6-4-3-5-7-12/h3-10,25H,1-2H3,(H,21,24)(H,20,23,26). The summed E-state index contributed by atoms with van der Waals surface area (Å²) in [4.78, 5) is 36.4. The van der Waals surface area contributed by atoms with Crippen LogP contribution in [-0.4, -0.2) is 34.6 Å². The highest BCUT2D eigenvalue weighted by Crippen LogP contribution is 2.34. The fourth-order valence-electron chi connectivity index (χ4n) is 2.73. The Labute approximate surface area is 154 Å². The van der Waals surface area contributed by atoms with Gasteiger partial charge in [0.15, 0.2) is 0 Å². The first-order chi connectivity index (χ1) is 12.9. The molecule has 0 aliphatic rings. The zero-order valence-electron chi connectivity index (χ0n) is 14.6. The quantitative estimate of drug-likeness (QED) is 0.659. The van der Waals surface area contributed by atoms with E-state index in [-0.39, 0.29) is 11.1 Å². The molecule has 0 fully saturated rings. The lowest BCUT2D eigenvalue weighted by Crippen LogP contribution is -2.32. The first-order valence-electron chi connectivity index (χ1n) is 8.02. The number of para-hydroxylation sites is 1. The number of carbonyl (C=O) groups is 3. The van der Waals surface area contributed by atoms with E-state index in [9.17, 15) is 19.5 Å². The summed E-state index contributed by atoms with van der Waals surface area (Å²) in [5, 5.41) is 15.7. The van der Waals surface area contributed by atoms with E-state index >= 15 is 0 Å². The molecule has 1 aromatic heterocycles. The molecule has 2 aromatic carbocycles. The summed E-state index contributed by atoms with van der Waals surface area (Å²) in [6, 6.07) is 12.5. The van der Waals surface area contributed by atoms with E-state index in [1.54, 1.807) is 36.4 Å². The zero-order chi connectivity index (χ0) is 19.6. The molecule has 3 amide bonds. The maximum atomic E-state index is 12.8. The molecule has 0 bridgehead atoms. The fraction of sp³-hybridized carbons (Fsp3) is 0.105. The van der Waals surface area contributed by atoms with E-state index in [1.807, 2.05) is 0 Å². The van der Waals surface area contributed by atoms with Gasteiger partial charge in [0.25, 0.3) is 5.91 Å². The van der Waals surface area contributed by atoms with Crippen LogP contribution in [0.25, 0.3) is 10.9 Å². The average molecular weight is 367 g/mol. The maximum Gasteiger partial charge on any atom is 0.335 e. The smallest absolute Gasteiger partial charge is 0.335 e. The minimum atomic E-state index is -0.867. The van der Waals surface area contributed by atoms with E-state index in [2.05, 4.69) is 10.6 Å². The third-order valence-corrected chi connectivity index (χ3v) is 3.89. The highest BCUT2D eigenvalue weighted by molar-refractivity contribution is 6.17. The highest BCUT2D eigenvalue weighted by atomic mass is 16.5. The van der Waals surface area contributed by atoms with Crippen LogP contribution in [0.15, 0.2) is 48.5 Å². The summed E-state index contributed by atoms with van der Waals surface area (Å²) in [6.07, 6.45) is 0. The van der Waals surface area contributed by atoms with E-state index < -0.39 is 23.7 Å². The second-order valence-corrected chi connectivity index (χ2v) is 5.72. The third-order valence-electron chi connectivity index (χ3n) is 3.89. The van der Waals surface area contributed by atoms with Crippen LogP contribution in [0.5, 0.6) is 11.6 Å². The molecule has 0 atom stereocenters. The minimum Gasteiger partial charge on any atom is -0.497 e. The number of aromatic hydroxyl groups is 1. The number of carbonyl (C=O) groups excluding carboxylic acids is 3. The maximum absolute atomic E-state index is 12.8. The number of nitrogens with one attached hydrogen (secondary N) is 2. The van der Waals surface area contributed by atoms with Gasteiger partial charge in [-0.3, -0.25) is 14.9 Å². The predicted octanol–water partition coefficient (Wildman–Crippen LogP) is 2.71. The van der Waals surface area contributed by atoms with Crippen molar-refractivity contribution >= 4 is 34.4 Å². The van der Waals surface area contributed by atoms with Gasteiger partial charge in [-0.05, 0) is 30.3 Å². The molecular weight excluding hydrogens is 350 g/mol. The number of hydrogen-bond donors (Lipinski definition) is 3. The van der Waals surface area contributed by atoms with Gasteiger partial charge in [-0.1, -0.05) is 18.2 Å². The molecule has 3 N–H and O–H groups in total. The van der Waals surface area contributed by atoms with Crippen LogP contribution in [0, 0.1) is 0 Å². The molecule has 3 rings (SSSR count). The number of ether oxygens (including phenoxy) is 1. The molecule has 8 heteroatoms.